The lowest BCUT2D eigenvalue weighted by Gasteiger charge is -2.04. The first kappa shape index (κ1) is 13.2. The standard InChI is InChI=1S/C11H22N2O/c1-3-5-6-7-9-13-11(14)10-12-8-4-2/h3,5,12H,4,6-10H2,1-2H3,(H,13,14)/b5-3-. The average Bonchev–Trinajstić information content (AvgIpc) is 2.18. The second kappa shape index (κ2) is 10.3. The first-order valence-corrected chi connectivity index (χ1v) is 5.39. The fourth-order valence-corrected chi connectivity index (χ4v) is 1.06. The predicted octanol–water partition coefficient (Wildman–Crippen LogP) is 1.46. The second-order valence-corrected chi connectivity index (χ2v) is 3.24. The molecule has 0 atom stereocenters. The molecule has 1 amide bonds. The van der Waals surface area contributed by atoms with Crippen molar-refractivity contribution in [1.29, 1.82) is 0 Å². The largest absolute Gasteiger partial charge is 0.355 e. The normalized spacial score (nSPS) is 10.7. The number of unbranched alkanes of at least 4 members (excludes halogenated alkanes) is 1. The van der Waals surface area contributed by atoms with Gasteiger partial charge >= 0.3 is 0 Å². The Morgan fingerprint density at radius 2 is 2.14 bits per heavy atom. The lowest BCUT2D eigenvalue weighted by atomic mass is 10.3. The van der Waals surface area contributed by atoms with E-state index in [9.17, 15) is 4.79 Å². The third kappa shape index (κ3) is 9.26. The van der Waals surface area contributed by atoms with Crippen molar-refractivity contribution in [2.75, 3.05) is 19.6 Å². The molecule has 0 fully saturated rings. The van der Waals surface area contributed by atoms with E-state index in [1.807, 2.05) is 13.0 Å². The van der Waals surface area contributed by atoms with Crippen LogP contribution in [0.4, 0.5) is 0 Å². The van der Waals surface area contributed by atoms with Gasteiger partial charge in [0.25, 0.3) is 0 Å². The van der Waals surface area contributed by atoms with E-state index in [0.717, 1.165) is 32.4 Å². The molecule has 0 aromatic rings. The Balaban J connectivity index is 3.18. The summed E-state index contributed by atoms with van der Waals surface area (Å²) in [4.78, 5) is 11.2. The molecule has 0 aliphatic carbocycles. The van der Waals surface area contributed by atoms with Gasteiger partial charge in [0.1, 0.15) is 0 Å². The Bertz CT molecular complexity index is 167. The number of amides is 1. The Morgan fingerprint density at radius 3 is 2.79 bits per heavy atom. The van der Waals surface area contributed by atoms with Crippen LogP contribution in [-0.4, -0.2) is 25.5 Å². The minimum atomic E-state index is 0.0962. The third-order valence-corrected chi connectivity index (χ3v) is 1.82. The number of hydrogen-bond acceptors (Lipinski definition) is 2. The molecule has 0 aliphatic rings. The van der Waals surface area contributed by atoms with Gasteiger partial charge in [-0.15, -0.1) is 0 Å². The van der Waals surface area contributed by atoms with Crippen LogP contribution >= 0.6 is 0 Å². The van der Waals surface area contributed by atoms with Crippen molar-refractivity contribution in [1.82, 2.24) is 10.6 Å². The van der Waals surface area contributed by atoms with Gasteiger partial charge in [-0.25, -0.2) is 0 Å². The number of carbonyl (C=O) groups is 1. The highest BCUT2D eigenvalue weighted by Crippen LogP contribution is 1.88. The number of allylic oxidation sites excluding steroid dienone is 2. The number of nitrogens with one attached hydrogen (secondary N) is 2. The minimum absolute atomic E-state index is 0.0962. The van der Waals surface area contributed by atoms with E-state index in [2.05, 4.69) is 23.6 Å². The van der Waals surface area contributed by atoms with Crippen LogP contribution in [0.25, 0.3) is 0 Å². The van der Waals surface area contributed by atoms with Crippen molar-refractivity contribution in [2.45, 2.75) is 33.1 Å². The van der Waals surface area contributed by atoms with Crippen LogP contribution in [0, 0.1) is 0 Å². The molecule has 0 saturated heterocycles. The van der Waals surface area contributed by atoms with E-state index >= 15 is 0 Å². The molecule has 0 aliphatic heterocycles. The van der Waals surface area contributed by atoms with E-state index < -0.39 is 0 Å². The molecule has 0 aromatic carbocycles. The maximum atomic E-state index is 11.2. The van der Waals surface area contributed by atoms with E-state index in [1.165, 1.54) is 0 Å². The van der Waals surface area contributed by atoms with Crippen LogP contribution in [0.3, 0.4) is 0 Å². The molecule has 0 spiro atoms. The van der Waals surface area contributed by atoms with Gasteiger partial charge in [0.05, 0.1) is 6.54 Å². The summed E-state index contributed by atoms with van der Waals surface area (Å²) < 4.78 is 0. The van der Waals surface area contributed by atoms with E-state index in [0.29, 0.717) is 6.54 Å². The van der Waals surface area contributed by atoms with Gasteiger partial charge in [0.15, 0.2) is 0 Å². The molecule has 0 saturated carbocycles. The summed E-state index contributed by atoms with van der Waals surface area (Å²) >= 11 is 0. The highest BCUT2D eigenvalue weighted by atomic mass is 16.1. The Kier molecular flexibility index (Phi) is 9.64. The van der Waals surface area contributed by atoms with Gasteiger partial charge in [0, 0.05) is 6.54 Å². The minimum Gasteiger partial charge on any atom is -0.355 e. The predicted molar refractivity (Wildman–Crippen MR) is 60.2 cm³/mol. The Hall–Kier alpha value is -0.830. The van der Waals surface area contributed by atoms with Crippen molar-refractivity contribution < 1.29 is 4.79 Å². The summed E-state index contributed by atoms with van der Waals surface area (Å²) in [7, 11) is 0. The monoisotopic (exact) mass is 198 g/mol. The highest BCUT2D eigenvalue weighted by molar-refractivity contribution is 5.77. The smallest absolute Gasteiger partial charge is 0.233 e. The second-order valence-electron chi connectivity index (χ2n) is 3.24. The molecular formula is C11H22N2O. The van der Waals surface area contributed by atoms with Gasteiger partial charge in [-0.1, -0.05) is 19.1 Å². The molecule has 3 heteroatoms. The maximum Gasteiger partial charge on any atom is 0.233 e. The third-order valence-electron chi connectivity index (χ3n) is 1.82. The molecule has 0 bridgehead atoms. The molecule has 0 aromatic heterocycles. The molecule has 82 valence electrons. The van der Waals surface area contributed by atoms with Crippen molar-refractivity contribution in [3.8, 4) is 0 Å². The van der Waals surface area contributed by atoms with Crippen LogP contribution < -0.4 is 10.6 Å². The zero-order chi connectivity index (χ0) is 10.6. The van der Waals surface area contributed by atoms with Gasteiger partial charge < -0.3 is 10.6 Å². The van der Waals surface area contributed by atoms with E-state index in [4.69, 9.17) is 0 Å². The topological polar surface area (TPSA) is 41.1 Å². The van der Waals surface area contributed by atoms with Crippen molar-refractivity contribution in [2.24, 2.45) is 0 Å². The molecule has 0 heterocycles. The van der Waals surface area contributed by atoms with Gasteiger partial charge in [-0.2, -0.15) is 0 Å². The summed E-state index contributed by atoms with van der Waals surface area (Å²) in [5.41, 5.74) is 0. The number of carbonyl (C=O) groups excluding carboxylic acids is 1. The highest BCUT2D eigenvalue weighted by Gasteiger charge is 1.97. The summed E-state index contributed by atoms with van der Waals surface area (Å²) in [5.74, 6) is 0.0962. The molecule has 0 unspecified atom stereocenters. The SMILES string of the molecule is C/C=C\CCCNC(=O)CNCCC. The lowest BCUT2D eigenvalue weighted by molar-refractivity contribution is -0.120. The van der Waals surface area contributed by atoms with Gasteiger partial charge in [0.2, 0.25) is 5.91 Å². The molecule has 0 radical (unpaired) electrons. The van der Waals surface area contributed by atoms with Gasteiger partial charge in [-0.3, -0.25) is 4.79 Å². The van der Waals surface area contributed by atoms with Crippen LogP contribution in [0.5, 0.6) is 0 Å². The number of hydrogen-bond donors (Lipinski definition) is 2. The van der Waals surface area contributed by atoms with E-state index in [-0.39, 0.29) is 5.91 Å². The lowest BCUT2D eigenvalue weighted by Crippen LogP contribution is -2.34. The fraction of sp³-hybridized carbons (Fsp3) is 0.727. The van der Waals surface area contributed by atoms with Crippen molar-refractivity contribution in [3.05, 3.63) is 12.2 Å². The molecule has 3 nitrogen and oxygen atoms in total. The van der Waals surface area contributed by atoms with Crippen molar-refractivity contribution in [3.63, 3.8) is 0 Å². The summed E-state index contributed by atoms with van der Waals surface area (Å²) in [5, 5.41) is 5.93. The first-order chi connectivity index (χ1) is 6.81. The van der Waals surface area contributed by atoms with Crippen molar-refractivity contribution >= 4 is 5.91 Å². The van der Waals surface area contributed by atoms with Crippen LogP contribution in [-0.2, 0) is 4.79 Å². The Labute approximate surface area is 87.0 Å². The van der Waals surface area contributed by atoms with Crippen LogP contribution in [0.15, 0.2) is 12.2 Å². The molecular weight excluding hydrogens is 176 g/mol. The van der Waals surface area contributed by atoms with Gasteiger partial charge in [-0.05, 0) is 32.7 Å². The fourth-order valence-electron chi connectivity index (χ4n) is 1.06. The average molecular weight is 198 g/mol. The molecule has 14 heavy (non-hydrogen) atoms. The molecule has 0 rings (SSSR count). The first-order valence-electron chi connectivity index (χ1n) is 5.39. The zero-order valence-corrected chi connectivity index (χ0v) is 9.31. The number of rotatable bonds is 8. The van der Waals surface area contributed by atoms with Crippen LogP contribution in [0.2, 0.25) is 0 Å². The quantitative estimate of drug-likeness (QED) is 0.458. The molecule has 2 N–H and O–H groups in total. The summed E-state index contributed by atoms with van der Waals surface area (Å²) in [6, 6.07) is 0. The van der Waals surface area contributed by atoms with E-state index in [1.54, 1.807) is 0 Å². The summed E-state index contributed by atoms with van der Waals surface area (Å²) in [6.45, 7) is 6.22. The summed E-state index contributed by atoms with van der Waals surface area (Å²) in [6.07, 6.45) is 7.27. The Morgan fingerprint density at radius 1 is 1.36 bits per heavy atom. The van der Waals surface area contributed by atoms with Crippen LogP contribution in [0.1, 0.15) is 33.1 Å². The maximum absolute atomic E-state index is 11.2. The zero-order valence-electron chi connectivity index (χ0n) is 9.31.